The monoisotopic (exact) mass is 223 g/mol. The second-order valence-corrected chi connectivity index (χ2v) is 4.47. The Morgan fingerprint density at radius 3 is 2.67 bits per heavy atom. The molecule has 4 N–H and O–H groups in total. The third-order valence-corrected chi connectivity index (χ3v) is 3.09. The number of hydrogen-bond donors (Lipinski definition) is 2. The van der Waals surface area contributed by atoms with E-state index in [0.29, 0.717) is 6.54 Å². The summed E-state index contributed by atoms with van der Waals surface area (Å²) in [5.41, 5.74) is 12.0. The molecular formula is C11H14ClN3. The van der Waals surface area contributed by atoms with Gasteiger partial charge in [-0.3, -0.25) is 4.99 Å². The van der Waals surface area contributed by atoms with Crippen molar-refractivity contribution >= 4 is 17.6 Å². The number of nitrogens with zero attached hydrogens (tertiary/aromatic N) is 1. The van der Waals surface area contributed by atoms with Crippen LogP contribution in [-0.4, -0.2) is 12.5 Å². The summed E-state index contributed by atoms with van der Waals surface area (Å²) in [5.74, 6) is 0.156. The van der Waals surface area contributed by atoms with Crippen molar-refractivity contribution in [2.24, 2.45) is 16.5 Å². The molecule has 0 radical (unpaired) electrons. The quantitative estimate of drug-likeness (QED) is 0.605. The molecule has 0 saturated heterocycles. The van der Waals surface area contributed by atoms with Crippen molar-refractivity contribution in [3.05, 3.63) is 34.9 Å². The van der Waals surface area contributed by atoms with Crippen molar-refractivity contribution in [1.29, 1.82) is 0 Å². The Morgan fingerprint density at radius 2 is 2.13 bits per heavy atom. The molecule has 1 aromatic rings. The third kappa shape index (κ3) is 2.23. The average molecular weight is 224 g/mol. The lowest BCUT2D eigenvalue weighted by atomic mass is 9.96. The van der Waals surface area contributed by atoms with E-state index in [9.17, 15) is 0 Å². The van der Waals surface area contributed by atoms with E-state index in [1.807, 2.05) is 18.2 Å². The highest BCUT2D eigenvalue weighted by atomic mass is 35.5. The molecule has 1 aliphatic carbocycles. The highest BCUT2D eigenvalue weighted by molar-refractivity contribution is 6.30. The fourth-order valence-corrected chi connectivity index (χ4v) is 1.94. The summed E-state index contributed by atoms with van der Waals surface area (Å²) in [6.45, 7) is 0.662. The van der Waals surface area contributed by atoms with Gasteiger partial charge >= 0.3 is 0 Å². The Bertz CT molecular complexity index is 393. The molecule has 0 spiro atoms. The number of hydrogen-bond acceptors (Lipinski definition) is 1. The summed E-state index contributed by atoms with van der Waals surface area (Å²) in [7, 11) is 0. The number of guanidine groups is 1. The predicted molar refractivity (Wildman–Crippen MR) is 63.0 cm³/mol. The summed E-state index contributed by atoms with van der Waals surface area (Å²) < 4.78 is 0. The number of nitrogens with two attached hydrogens (primary N) is 2. The molecule has 0 heterocycles. The third-order valence-electron chi connectivity index (χ3n) is 2.85. The summed E-state index contributed by atoms with van der Waals surface area (Å²) >= 11 is 5.96. The first-order valence-corrected chi connectivity index (χ1v) is 5.32. The van der Waals surface area contributed by atoms with Crippen LogP contribution >= 0.6 is 11.6 Å². The lowest BCUT2D eigenvalue weighted by Crippen LogP contribution is -2.25. The molecule has 0 unspecified atom stereocenters. The SMILES string of the molecule is NC(N)=NCC1(c2cccc(Cl)c2)CC1. The first-order valence-electron chi connectivity index (χ1n) is 4.94. The molecule has 0 amide bonds. The van der Waals surface area contributed by atoms with Gasteiger partial charge in [0.15, 0.2) is 5.96 Å². The second kappa shape index (κ2) is 3.74. The van der Waals surface area contributed by atoms with Crippen molar-refractivity contribution in [1.82, 2.24) is 0 Å². The van der Waals surface area contributed by atoms with Crippen molar-refractivity contribution in [2.45, 2.75) is 18.3 Å². The Kier molecular flexibility index (Phi) is 2.57. The molecule has 15 heavy (non-hydrogen) atoms. The van der Waals surface area contributed by atoms with E-state index < -0.39 is 0 Å². The molecule has 2 rings (SSSR count). The Labute approximate surface area is 94.1 Å². The number of benzene rings is 1. The van der Waals surface area contributed by atoms with E-state index in [4.69, 9.17) is 23.1 Å². The van der Waals surface area contributed by atoms with Crippen LogP contribution in [-0.2, 0) is 5.41 Å². The van der Waals surface area contributed by atoms with Gasteiger partial charge in [0, 0.05) is 10.4 Å². The van der Waals surface area contributed by atoms with Gasteiger partial charge < -0.3 is 11.5 Å². The maximum absolute atomic E-state index is 5.96. The van der Waals surface area contributed by atoms with Crippen molar-refractivity contribution in [3.8, 4) is 0 Å². The minimum Gasteiger partial charge on any atom is -0.370 e. The molecule has 0 atom stereocenters. The molecule has 0 aliphatic heterocycles. The fourth-order valence-electron chi connectivity index (χ4n) is 1.75. The first kappa shape index (κ1) is 10.3. The van der Waals surface area contributed by atoms with E-state index >= 15 is 0 Å². The van der Waals surface area contributed by atoms with Crippen LogP contribution in [0, 0.1) is 0 Å². The zero-order valence-corrected chi connectivity index (χ0v) is 9.17. The smallest absolute Gasteiger partial charge is 0.185 e. The largest absolute Gasteiger partial charge is 0.370 e. The Morgan fingerprint density at radius 1 is 1.40 bits per heavy atom. The van der Waals surface area contributed by atoms with E-state index in [0.717, 1.165) is 17.9 Å². The van der Waals surface area contributed by atoms with Crippen LogP contribution in [0.15, 0.2) is 29.3 Å². The van der Waals surface area contributed by atoms with Crippen LogP contribution in [0.2, 0.25) is 5.02 Å². The lowest BCUT2D eigenvalue weighted by Gasteiger charge is -2.13. The molecule has 3 nitrogen and oxygen atoms in total. The van der Waals surface area contributed by atoms with E-state index in [2.05, 4.69) is 11.1 Å². The van der Waals surface area contributed by atoms with E-state index in [1.165, 1.54) is 5.56 Å². The number of halogens is 1. The van der Waals surface area contributed by atoms with Gasteiger partial charge in [-0.1, -0.05) is 23.7 Å². The maximum Gasteiger partial charge on any atom is 0.185 e. The van der Waals surface area contributed by atoms with Crippen LogP contribution < -0.4 is 11.5 Å². The number of aliphatic imine (C=N–C) groups is 1. The summed E-state index contributed by atoms with van der Waals surface area (Å²) in [6, 6.07) is 7.92. The zero-order chi connectivity index (χ0) is 10.9. The first-order chi connectivity index (χ1) is 7.12. The predicted octanol–water partition coefficient (Wildman–Crippen LogP) is 1.65. The van der Waals surface area contributed by atoms with Gasteiger partial charge in [0.2, 0.25) is 0 Å². The standard InChI is InChI=1S/C11H14ClN3/c12-9-3-1-2-8(6-9)11(4-5-11)7-15-10(13)14/h1-3,6H,4-5,7H2,(H4,13,14,15). The van der Waals surface area contributed by atoms with Crippen LogP contribution in [0.3, 0.4) is 0 Å². The highest BCUT2D eigenvalue weighted by Crippen LogP contribution is 2.48. The van der Waals surface area contributed by atoms with Gasteiger partial charge in [-0.05, 0) is 30.5 Å². The van der Waals surface area contributed by atoms with Crippen molar-refractivity contribution < 1.29 is 0 Å². The molecular weight excluding hydrogens is 210 g/mol. The molecule has 0 aromatic heterocycles. The minimum absolute atomic E-state index is 0.134. The highest BCUT2D eigenvalue weighted by Gasteiger charge is 2.44. The molecule has 1 aliphatic rings. The molecule has 80 valence electrons. The number of rotatable bonds is 3. The second-order valence-electron chi connectivity index (χ2n) is 4.03. The van der Waals surface area contributed by atoms with E-state index in [1.54, 1.807) is 0 Å². The Balaban J connectivity index is 2.19. The zero-order valence-electron chi connectivity index (χ0n) is 8.41. The average Bonchev–Trinajstić information content (AvgIpc) is 2.96. The van der Waals surface area contributed by atoms with Crippen molar-refractivity contribution in [2.75, 3.05) is 6.54 Å². The fraction of sp³-hybridized carbons (Fsp3) is 0.364. The van der Waals surface area contributed by atoms with Crippen LogP contribution in [0.5, 0.6) is 0 Å². The Hall–Kier alpha value is -1.22. The van der Waals surface area contributed by atoms with Crippen LogP contribution in [0.1, 0.15) is 18.4 Å². The summed E-state index contributed by atoms with van der Waals surface area (Å²) in [4.78, 5) is 4.09. The molecule has 1 saturated carbocycles. The van der Waals surface area contributed by atoms with Gasteiger partial charge in [0.05, 0.1) is 6.54 Å². The molecule has 1 aromatic carbocycles. The maximum atomic E-state index is 5.96. The van der Waals surface area contributed by atoms with Gasteiger partial charge in [-0.25, -0.2) is 0 Å². The summed E-state index contributed by atoms with van der Waals surface area (Å²) in [5, 5.41) is 0.767. The van der Waals surface area contributed by atoms with Crippen molar-refractivity contribution in [3.63, 3.8) is 0 Å². The molecule has 1 fully saturated rings. The minimum atomic E-state index is 0.134. The van der Waals surface area contributed by atoms with Crippen LogP contribution in [0.25, 0.3) is 0 Å². The molecule has 0 bridgehead atoms. The van der Waals surface area contributed by atoms with Gasteiger partial charge in [-0.15, -0.1) is 0 Å². The van der Waals surface area contributed by atoms with Gasteiger partial charge in [-0.2, -0.15) is 0 Å². The van der Waals surface area contributed by atoms with Crippen LogP contribution in [0.4, 0.5) is 0 Å². The van der Waals surface area contributed by atoms with Gasteiger partial charge in [0.1, 0.15) is 0 Å². The topological polar surface area (TPSA) is 64.4 Å². The normalized spacial score (nSPS) is 17.1. The molecule has 4 heteroatoms. The van der Waals surface area contributed by atoms with Gasteiger partial charge in [0.25, 0.3) is 0 Å². The van der Waals surface area contributed by atoms with E-state index in [-0.39, 0.29) is 11.4 Å². The summed E-state index contributed by atoms with van der Waals surface area (Å²) in [6.07, 6.45) is 2.26. The lowest BCUT2D eigenvalue weighted by molar-refractivity contribution is 0.705.